The summed E-state index contributed by atoms with van der Waals surface area (Å²) in [5.41, 5.74) is 3.43. The van der Waals surface area contributed by atoms with Crippen LogP contribution in [-0.4, -0.2) is 67.4 Å². The Balaban J connectivity index is 1.41. The van der Waals surface area contributed by atoms with Crippen LogP contribution in [0.4, 0.5) is 4.79 Å². The number of rotatable bonds is 10. The maximum Gasteiger partial charge on any atom is 0.410 e. The van der Waals surface area contributed by atoms with Crippen molar-refractivity contribution in [2.75, 3.05) is 20.3 Å². The van der Waals surface area contributed by atoms with Gasteiger partial charge in [-0.15, -0.1) is 0 Å². The van der Waals surface area contributed by atoms with Crippen LogP contribution in [-0.2, 0) is 20.9 Å². The van der Waals surface area contributed by atoms with Crippen LogP contribution in [0.1, 0.15) is 49.8 Å². The Morgan fingerprint density at radius 2 is 1.81 bits per heavy atom. The average molecular weight is 526 g/mol. The molecule has 7 nitrogen and oxygen atoms in total. The number of amides is 1. The number of nitrogens with zero attached hydrogens (tertiary/aromatic N) is 3. The molecule has 1 amide bonds. The molecule has 0 saturated heterocycles. The van der Waals surface area contributed by atoms with Crippen molar-refractivity contribution in [3.8, 4) is 0 Å². The van der Waals surface area contributed by atoms with E-state index in [9.17, 15) is 4.79 Å². The van der Waals surface area contributed by atoms with Gasteiger partial charge in [0, 0.05) is 26.5 Å². The second kappa shape index (κ2) is 12.4. The van der Waals surface area contributed by atoms with E-state index in [-0.39, 0.29) is 24.3 Å². The molecule has 1 aliphatic carbocycles. The molecule has 2 heterocycles. The number of benzene rings is 1. The Labute approximate surface area is 222 Å². The highest BCUT2D eigenvalue weighted by Gasteiger charge is 2.39. The SMILES string of the molecule is COC(=O)N1C(C)C=C(c2ccnn2COCC[Si](C)(C)C)C1COC1CCC(c2ccccc2)CC1. The molecule has 2 aliphatic rings. The van der Waals surface area contributed by atoms with Crippen LogP contribution < -0.4 is 0 Å². The van der Waals surface area contributed by atoms with Crippen LogP contribution in [0.2, 0.25) is 25.7 Å². The Morgan fingerprint density at radius 1 is 1.08 bits per heavy atom. The van der Waals surface area contributed by atoms with Crippen LogP contribution in [0.25, 0.3) is 5.57 Å². The number of hydrogen-bond donors (Lipinski definition) is 0. The summed E-state index contributed by atoms with van der Waals surface area (Å²) in [5, 5.41) is 4.52. The first-order valence-electron chi connectivity index (χ1n) is 13.6. The van der Waals surface area contributed by atoms with Gasteiger partial charge in [0.15, 0.2) is 0 Å². The largest absolute Gasteiger partial charge is 0.453 e. The van der Waals surface area contributed by atoms with Gasteiger partial charge in [0.1, 0.15) is 6.73 Å². The van der Waals surface area contributed by atoms with Gasteiger partial charge in [0.25, 0.3) is 0 Å². The lowest BCUT2D eigenvalue weighted by molar-refractivity contribution is 0.000704. The first-order chi connectivity index (χ1) is 17.8. The third-order valence-corrected chi connectivity index (χ3v) is 9.30. The van der Waals surface area contributed by atoms with Gasteiger partial charge in [0.05, 0.1) is 37.6 Å². The van der Waals surface area contributed by atoms with Crippen molar-refractivity contribution < 1.29 is 19.0 Å². The average Bonchev–Trinajstić information content (AvgIpc) is 3.48. The molecule has 1 saturated carbocycles. The molecule has 2 unspecified atom stereocenters. The predicted molar refractivity (Wildman–Crippen MR) is 149 cm³/mol. The van der Waals surface area contributed by atoms with Crippen molar-refractivity contribution in [3.05, 3.63) is 59.9 Å². The summed E-state index contributed by atoms with van der Waals surface area (Å²) in [5.74, 6) is 0.602. The number of aromatic nitrogens is 2. The van der Waals surface area contributed by atoms with Gasteiger partial charge in [0.2, 0.25) is 0 Å². The number of carbonyl (C=O) groups is 1. The van der Waals surface area contributed by atoms with Gasteiger partial charge in [-0.3, -0.25) is 4.90 Å². The van der Waals surface area contributed by atoms with Gasteiger partial charge in [-0.05, 0) is 56.2 Å². The quantitative estimate of drug-likeness (QED) is 0.274. The number of hydrogen-bond acceptors (Lipinski definition) is 5. The van der Waals surface area contributed by atoms with E-state index in [1.165, 1.54) is 12.7 Å². The van der Waals surface area contributed by atoms with Crippen LogP contribution in [0, 0.1) is 0 Å². The molecule has 0 spiro atoms. The fraction of sp³-hybridized carbons (Fsp3) is 0.586. The van der Waals surface area contributed by atoms with Crippen molar-refractivity contribution in [2.24, 2.45) is 0 Å². The van der Waals surface area contributed by atoms with Crippen LogP contribution in [0.15, 0.2) is 48.7 Å². The molecule has 0 bridgehead atoms. The van der Waals surface area contributed by atoms with Crippen molar-refractivity contribution >= 4 is 19.7 Å². The molecule has 202 valence electrons. The number of ether oxygens (including phenoxy) is 3. The lowest BCUT2D eigenvalue weighted by Crippen LogP contribution is -2.44. The molecule has 0 radical (unpaired) electrons. The van der Waals surface area contributed by atoms with Crippen molar-refractivity contribution in [1.29, 1.82) is 0 Å². The molecule has 37 heavy (non-hydrogen) atoms. The summed E-state index contributed by atoms with van der Waals surface area (Å²) in [7, 11) is 0.281. The normalized spacial score (nSPS) is 24.2. The first kappa shape index (κ1) is 27.6. The maximum absolute atomic E-state index is 12.8. The topological polar surface area (TPSA) is 65.8 Å². The molecule has 1 aliphatic heterocycles. The molecule has 2 aromatic rings. The zero-order chi connectivity index (χ0) is 26.4. The van der Waals surface area contributed by atoms with E-state index in [2.05, 4.69) is 61.1 Å². The molecular weight excluding hydrogens is 482 g/mol. The van der Waals surface area contributed by atoms with E-state index in [1.807, 2.05) is 17.7 Å². The smallest absolute Gasteiger partial charge is 0.410 e. The minimum Gasteiger partial charge on any atom is -0.453 e. The predicted octanol–water partition coefficient (Wildman–Crippen LogP) is 6.16. The van der Waals surface area contributed by atoms with Gasteiger partial charge in [-0.25, -0.2) is 9.48 Å². The molecule has 0 N–H and O–H groups in total. The number of methoxy groups -OCH3 is 1. The van der Waals surface area contributed by atoms with Crippen molar-refractivity contribution in [2.45, 2.75) is 89.1 Å². The van der Waals surface area contributed by atoms with E-state index >= 15 is 0 Å². The fourth-order valence-electron chi connectivity index (χ4n) is 5.44. The number of carbonyl (C=O) groups excluding carboxylic acids is 1. The monoisotopic (exact) mass is 525 g/mol. The highest BCUT2D eigenvalue weighted by molar-refractivity contribution is 6.76. The van der Waals surface area contributed by atoms with Crippen LogP contribution >= 0.6 is 0 Å². The molecule has 1 fully saturated rings. The van der Waals surface area contributed by atoms with Gasteiger partial charge in [-0.2, -0.15) is 5.10 Å². The highest BCUT2D eigenvalue weighted by Crippen LogP contribution is 2.36. The van der Waals surface area contributed by atoms with E-state index in [0.29, 0.717) is 19.3 Å². The Morgan fingerprint density at radius 3 is 2.49 bits per heavy atom. The molecule has 8 heteroatoms. The van der Waals surface area contributed by atoms with Crippen molar-refractivity contribution in [1.82, 2.24) is 14.7 Å². The summed E-state index contributed by atoms with van der Waals surface area (Å²) < 4.78 is 19.5. The zero-order valence-corrected chi connectivity index (χ0v) is 24.1. The maximum atomic E-state index is 12.8. The lowest BCUT2D eigenvalue weighted by atomic mass is 9.83. The second-order valence-corrected chi connectivity index (χ2v) is 17.2. The van der Waals surface area contributed by atoms with Crippen LogP contribution in [0.3, 0.4) is 0 Å². The summed E-state index contributed by atoms with van der Waals surface area (Å²) >= 11 is 0. The third-order valence-electron chi connectivity index (χ3n) is 7.60. The summed E-state index contributed by atoms with van der Waals surface area (Å²) in [4.78, 5) is 14.5. The molecular formula is C29H43N3O4Si. The first-order valence-corrected chi connectivity index (χ1v) is 17.3. The standard InChI is InChI=1S/C29H43N3O4Si/c1-22-19-26(27-15-16-30-31(27)21-35-17-18-37(3,4)5)28(32(22)29(33)34-2)20-36-25-13-11-24(12-14-25)23-9-7-6-8-10-23/h6-10,15-16,19,22,24-25,28H,11-14,17-18,20-21H2,1-5H3. The molecule has 1 aromatic carbocycles. The molecule has 4 rings (SSSR count). The van der Waals surface area contributed by atoms with Crippen molar-refractivity contribution in [3.63, 3.8) is 0 Å². The Bertz CT molecular complexity index is 1040. The lowest BCUT2D eigenvalue weighted by Gasteiger charge is -2.33. The third kappa shape index (κ3) is 7.12. The molecule has 2 atom stereocenters. The summed E-state index contributed by atoms with van der Waals surface area (Å²) in [6.45, 7) is 10.6. The van der Waals surface area contributed by atoms with Gasteiger partial charge < -0.3 is 14.2 Å². The minimum atomic E-state index is -1.16. The van der Waals surface area contributed by atoms with Crippen LogP contribution in [0.5, 0.6) is 0 Å². The Kier molecular flexibility index (Phi) is 9.26. The van der Waals surface area contributed by atoms with E-state index in [4.69, 9.17) is 14.2 Å². The van der Waals surface area contributed by atoms with Gasteiger partial charge in [-0.1, -0.05) is 56.0 Å². The highest BCUT2D eigenvalue weighted by atomic mass is 28.3. The van der Waals surface area contributed by atoms with E-state index < -0.39 is 8.07 Å². The van der Waals surface area contributed by atoms with E-state index in [1.54, 1.807) is 11.1 Å². The summed E-state index contributed by atoms with van der Waals surface area (Å²) in [6.07, 6.45) is 8.11. The zero-order valence-electron chi connectivity index (χ0n) is 23.1. The molecule has 1 aromatic heterocycles. The second-order valence-electron chi connectivity index (χ2n) is 11.5. The van der Waals surface area contributed by atoms with Gasteiger partial charge >= 0.3 is 6.09 Å². The fourth-order valence-corrected chi connectivity index (χ4v) is 6.19. The Hall–Kier alpha value is -2.42. The minimum absolute atomic E-state index is 0.0963. The van der Waals surface area contributed by atoms with E-state index in [0.717, 1.165) is 49.6 Å². The summed E-state index contributed by atoms with van der Waals surface area (Å²) in [6, 6.07) is 13.6.